The normalized spacial score (nSPS) is 13.3. The molecule has 1 aliphatic heterocycles. The number of nitrogens with zero attached hydrogens (tertiary/aromatic N) is 5. The zero-order chi connectivity index (χ0) is 30.9. The fraction of sp³-hybridized carbons (Fsp3) is 0.125. The van der Waals surface area contributed by atoms with Gasteiger partial charge in [0.1, 0.15) is 28.6 Å². The Morgan fingerprint density at radius 3 is 2.58 bits per heavy atom. The summed E-state index contributed by atoms with van der Waals surface area (Å²) in [7, 11) is 0. The number of halogens is 3. The van der Waals surface area contributed by atoms with E-state index in [-0.39, 0.29) is 10.7 Å². The lowest BCUT2D eigenvalue weighted by molar-refractivity contribution is 0.101. The third-order valence-electron chi connectivity index (χ3n) is 7.33. The van der Waals surface area contributed by atoms with Gasteiger partial charge in [-0.1, -0.05) is 35.9 Å². The number of thiazole rings is 1. The minimum absolute atomic E-state index is 0.155. The van der Waals surface area contributed by atoms with E-state index in [1.165, 1.54) is 17.4 Å². The van der Waals surface area contributed by atoms with Crippen LogP contribution in [0.1, 0.15) is 10.4 Å². The average molecular weight is 644 g/mol. The Hall–Kier alpha value is -4.91. The number of carbonyl (C=O) groups excluding carboxylic acids is 1. The summed E-state index contributed by atoms with van der Waals surface area (Å²) in [5, 5.41) is 7.92. The summed E-state index contributed by atoms with van der Waals surface area (Å²) in [6.07, 6.45) is 3.54. The lowest BCUT2D eigenvalue weighted by atomic mass is 10.1. The van der Waals surface area contributed by atoms with Gasteiger partial charge in [0, 0.05) is 47.8 Å². The third kappa shape index (κ3) is 5.70. The fourth-order valence-electron chi connectivity index (χ4n) is 5.21. The molecule has 1 amide bonds. The zero-order valence-corrected chi connectivity index (χ0v) is 25.1. The first kappa shape index (κ1) is 28.8. The van der Waals surface area contributed by atoms with Crippen LogP contribution in [0.2, 0.25) is 5.02 Å². The molecule has 0 spiro atoms. The van der Waals surface area contributed by atoms with Gasteiger partial charge in [0.25, 0.3) is 5.91 Å². The lowest BCUT2D eigenvalue weighted by Gasteiger charge is -2.29. The topological polar surface area (TPSA) is 96.7 Å². The minimum Gasteiger partial charge on any atom is -0.378 e. The number of anilines is 4. The van der Waals surface area contributed by atoms with E-state index in [9.17, 15) is 13.6 Å². The molecule has 0 saturated carbocycles. The van der Waals surface area contributed by atoms with Gasteiger partial charge in [0.05, 0.1) is 29.6 Å². The fourth-order valence-corrected chi connectivity index (χ4v) is 6.19. The molecule has 9 nitrogen and oxygen atoms in total. The summed E-state index contributed by atoms with van der Waals surface area (Å²) in [6.45, 7) is 3.03. The Kier molecular flexibility index (Phi) is 7.84. The number of hydrogen-bond acceptors (Lipinski definition) is 8. The van der Waals surface area contributed by atoms with Crippen molar-refractivity contribution >= 4 is 56.8 Å². The molecular weight excluding hydrogens is 620 g/mol. The van der Waals surface area contributed by atoms with E-state index in [0.29, 0.717) is 46.8 Å². The number of amides is 1. The number of morpholine rings is 1. The van der Waals surface area contributed by atoms with Gasteiger partial charge in [0.15, 0.2) is 4.96 Å². The van der Waals surface area contributed by atoms with Gasteiger partial charge in [-0.15, -0.1) is 11.3 Å². The molecule has 13 heteroatoms. The van der Waals surface area contributed by atoms with Crippen molar-refractivity contribution < 1.29 is 18.3 Å². The van der Waals surface area contributed by atoms with E-state index >= 15 is 0 Å². The van der Waals surface area contributed by atoms with E-state index in [1.807, 2.05) is 28.1 Å². The van der Waals surface area contributed by atoms with Crippen LogP contribution in [0.25, 0.3) is 27.6 Å². The van der Waals surface area contributed by atoms with Gasteiger partial charge in [-0.3, -0.25) is 9.20 Å². The van der Waals surface area contributed by atoms with Crippen LogP contribution >= 0.6 is 22.9 Å². The van der Waals surface area contributed by atoms with E-state index in [1.54, 1.807) is 30.5 Å². The van der Waals surface area contributed by atoms with E-state index in [2.05, 4.69) is 32.7 Å². The van der Waals surface area contributed by atoms with Gasteiger partial charge in [-0.05, 0) is 42.5 Å². The Morgan fingerprint density at radius 2 is 1.76 bits per heavy atom. The second kappa shape index (κ2) is 12.2. The molecule has 1 fully saturated rings. The minimum atomic E-state index is -0.975. The number of nitrogens with one attached hydrogen (secondary N) is 2. The second-order valence-electron chi connectivity index (χ2n) is 10.1. The van der Waals surface area contributed by atoms with Crippen molar-refractivity contribution in [1.82, 2.24) is 19.4 Å². The van der Waals surface area contributed by atoms with Crippen LogP contribution in [-0.4, -0.2) is 51.6 Å². The predicted octanol–water partition coefficient (Wildman–Crippen LogP) is 7.28. The maximum absolute atomic E-state index is 14.3. The number of aromatic nitrogens is 4. The molecule has 7 rings (SSSR count). The van der Waals surface area contributed by atoms with Crippen molar-refractivity contribution in [3.63, 3.8) is 0 Å². The van der Waals surface area contributed by atoms with Gasteiger partial charge in [0.2, 0.25) is 5.95 Å². The molecule has 226 valence electrons. The quantitative estimate of drug-likeness (QED) is 0.189. The summed E-state index contributed by atoms with van der Waals surface area (Å²) in [4.78, 5) is 29.9. The van der Waals surface area contributed by atoms with Crippen molar-refractivity contribution in [2.45, 2.75) is 0 Å². The number of rotatable bonds is 7. The molecule has 0 unspecified atom stereocenters. The molecule has 3 aromatic heterocycles. The number of benzene rings is 3. The highest BCUT2D eigenvalue weighted by atomic mass is 35.5. The first-order valence-corrected chi connectivity index (χ1v) is 15.2. The number of carbonyl (C=O) groups is 1. The van der Waals surface area contributed by atoms with Crippen LogP contribution in [0.15, 0.2) is 84.5 Å². The van der Waals surface area contributed by atoms with Crippen LogP contribution < -0.4 is 15.5 Å². The highest BCUT2D eigenvalue weighted by Gasteiger charge is 2.23. The molecule has 4 heterocycles. The molecule has 0 bridgehead atoms. The number of imidazole rings is 1. The molecule has 1 saturated heterocycles. The Morgan fingerprint density at radius 1 is 0.978 bits per heavy atom. The molecular formula is C32H24ClF2N7O2S. The summed E-state index contributed by atoms with van der Waals surface area (Å²) >= 11 is 8.26. The molecule has 6 aromatic rings. The summed E-state index contributed by atoms with van der Waals surface area (Å²) < 4.78 is 35.9. The van der Waals surface area contributed by atoms with Gasteiger partial charge < -0.3 is 20.3 Å². The monoisotopic (exact) mass is 643 g/mol. The van der Waals surface area contributed by atoms with Crippen molar-refractivity contribution in [2.24, 2.45) is 0 Å². The number of hydrogen-bond donors (Lipinski definition) is 2. The van der Waals surface area contributed by atoms with Crippen molar-refractivity contribution in [2.75, 3.05) is 41.8 Å². The Bertz CT molecular complexity index is 2020. The molecule has 0 atom stereocenters. The van der Waals surface area contributed by atoms with E-state index in [4.69, 9.17) is 26.3 Å². The van der Waals surface area contributed by atoms with Crippen molar-refractivity contribution in [3.05, 3.63) is 107 Å². The van der Waals surface area contributed by atoms with Crippen LogP contribution in [0.4, 0.5) is 31.8 Å². The number of fused-ring (bicyclic) bond motifs is 1. The maximum atomic E-state index is 14.3. The number of ether oxygens (including phenoxy) is 1. The second-order valence-corrected chi connectivity index (χ2v) is 11.4. The predicted molar refractivity (Wildman–Crippen MR) is 172 cm³/mol. The molecule has 45 heavy (non-hydrogen) atoms. The average Bonchev–Trinajstić information content (AvgIpc) is 3.65. The van der Waals surface area contributed by atoms with Gasteiger partial charge >= 0.3 is 0 Å². The standard InChI is InChI=1S/C32H24ClF2N7O2S/c33-27-21(6-2-9-24(27)38-30(43)26-22(34)7-3-8-23(26)35)28-29(42-14-17-45-32(42)40-28)25-10-11-36-31(39-25)37-19-4-1-5-20(18-19)41-12-15-44-16-13-41/h1-11,14,17-18H,12-13,15-16H2,(H,38,43)(H,36,37,39). The van der Waals surface area contributed by atoms with Crippen LogP contribution in [-0.2, 0) is 4.74 Å². The van der Waals surface area contributed by atoms with Gasteiger partial charge in [-0.25, -0.2) is 23.7 Å². The van der Waals surface area contributed by atoms with Crippen LogP contribution in [0.3, 0.4) is 0 Å². The third-order valence-corrected chi connectivity index (χ3v) is 8.49. The van der Waals surface area contributed by atoms with Crippen molar-refractivity contribution in [3.8, 4) is 22.6 Å². The first-order chi connectivity index (χ1) is 22.0. The summed E-state index contributed by atoms with van der Waals surface area (Å²) in [5.74, 6) is -2.52. The van der Waals surface area contributed by atoms with Crippen molar-refractivity contribution in [1.29, 1.82) is 0 Å². The smallest absolute Gasteiger partial charge is 0.261 e. The summed E-state index contributed by atoms with van der Waals surface area (Å²) in [6, 6.07) is 18.1. The molecule has 1 aliphatic rings. The molecule has 2 N–H and O–H groups in total. The Labute approximate surface area is 265 Å². The van der Waals surface area contributed by atoms with E-state index < -0.39 is 23.1 Å². The largest absolute Gasteiger partial charge is 0.378 e. The summed E-state index contributed by atoms with van der Waals surface area (Å²) in [5.41, 5.74) is 3.65. The van der Waals surface area contributed by atoms with Crippen LogP contribution in [0.5, 0.6) is 0 Å². The van der Waals surface area contributed by atoms with Gasteiger partial charge in [-0.2, -0.15) is 0 Å². The lowest BCUT2D eigenvalue weighted by Crippen LogP contribution is -2.36. The first-order valence-electron chi connectivity index (χ1n) is 14.0. The molecule has 0 radical (unpaired) electrons. The van der Waals surface area contributed by atoms with Crippen LogP contribution in [0, 0.1) is 11.6 Å². The highest BCUT2D eigenvalue weighted by molar-refractivity contribution is 7.15. The SMILES string of the molecule is O=C(Nc1cccc(-c2nc3sccn3c2-c2ccnc(Nc3cccc(N4CCOCC4)c3)n2)c1Cl)c1c(F)cccc1F. The Balaban J connectivity index is 1.22. The zero-order valence-electron chi connectivity index (χ0n) is 23.5. The maximum Gasteiger partial charge on any atom is 0.261 e. The molecule has 3 aromatic carbocycles. The van der Waals surface area contributed by atoms with E-state index in [0.717, 1.165) is 36.6 Å². The highest BCUT2D eigenvalue weighted by Crippen LogP contribution is 2.40. The molecule has 0 aliphatic carbocycles.